The molecule has 0 spiro atoms. The highest BCUT2D eigenvalue weighted by Crippen LogP contribution is 2.26. The van der Waals surface area contributed by atoms with Crippen LogP contribution in [0.2, 0.25) is 0 Å². The van der Waals surface area contributed by atoms with Gasteiger partial charge in [-0.25, -0.2) is 0 Å². The fourth-order valence-corrected chi connectivity index (χ4v) is 2.98. The molecule has 1 heterocycles. The molecular formula is C13H24N2O2. The van der Waals surface area contributed by atoms with Crippen LogP contribution in [-0.2, 0) is 4.74 Å². The van der Waals surface area contributed by atoms with Crippen molar-refractivity contribution in [2.75, 3.05) is 19.7 Å². The van der Waals surface area contributed by atoms with E-state index < -0.39 is 0 Å². The van der Waals surface area contributed by atoms with Gasteiger partial charge in [0.15, 0.2) is 0 Å². The minimum absolute atomic E-state index is 0.0544. The number of nitrogens with one attached hydrogen (secondary N) is 1. The Morgan fingerprint density at radius 3 is 2.65 bits per heavy atom. The van der Waals surface area contributed by atoms with Crippen molar-refractivity contribution < 1.29 is 9.84 Å². The Bertz CT molecular complexity index is 264. The Kier molecular flexibility index (Phi) is 4.40. The zero-order chi connectivity index (χ0) is 12.3. The van der Waals surface area contributed by atoms with Crippen molar-refractivity contribution >= 4 is 5.84 Å². The molecule has 17 heavy (non-hydrogen) atoms. The van der Waals surface area contributed by atoms with Crippen LogP contribution in [-0.4, -0.2) is 47.7 Å². The minimum atomic E-state index is -0.123. The molecule has 0 aromatic carbocycles. The van der Waals surface area contributed by atoms with E-state index in [1.807, 2.05) is 6.92 Å². The number of aliphatic hydroxyl groups excluding tert-OH is 1. The summed E-state index contributed by atoms with van der Waals surface area (Å²) >= 11 is 0. The Balaban J connectivity index is 1.93. The second kappa shape index (κ2) is 5.83. The van der Waals surface area contributed by atoms with Gasteiger partial charge in [-0.15, -0.1) is 0 Å². The normalized spacial score (nSPS) is 31.5. The van der Waals surface area contributed by atoms with Crippen LogP contribution in [0.25, 0.3) is 0 Å². The summed E-state index contributed by atoms with van der Waals surface area (Å²) in [5.74, 6) is 1.21. The SMILES string of the molecule is CC1CN(C(=N)C2CCCCC2)CC(CO)O1. The minimum Gasteiger partial charge on any atom is -0.394 e. The molecule has 4 nitrogen and oxygen atoms in total. The first-order chi connectivity index (χ1) is 8.20. The molecule has 2 rings (SSSR count). The van der Waals surface area contributed by atoms with Crippen molar-refractivity contribution in [2.45, 2.75) is 51.2 Å². The monoisotopic (exact) mass is 240 g/mol. The number of hydrogen-bond acceptors (Lipinski definition) is 3. The first-order valence-electron chi connectivity index (χ1n) is 6.80. The molecule has 2 atom stereocenters. The van der Waals surface area contributed by atoms with Crippen LogP contribution in [0.5, 0.6) is 0 Å². The van der Waals surface area contributed by atoms with E-state index in [1.54, 1.807) is 0 Å². The highest BCUT2D eigenvalue weighted by Gasteiger charge is 2.30. The van der Waals surface area contributed by atoms with E-state index in [4.69, 9.17) is 10.1 Å². The molecule has 1 aliphatic carbocycles. The van der Waals surface area contributed by atoms with Crippen molar-refractivity contribution in [1.82, 2.24) is 4.90 Å². The summed E-state index contributed by atoms with van der Waals surface area (Å²) in [4.78, 5) is 2.12. The molecule has 2 N–H and O–H groups in total. The lowest BCUT2D eigenvalue weighted by Crippen LogP contribution is -2.51. The molecule has 2 aliphatic rings. The van der Waals surface area contributed by atoms with E-state index in [0.717, 1.165) is 25.2 Å². The van der Waals surface area contributed by atoms with E-state index in [0.29, 0.717) is 12.5 Å². The molecule has 0 bridgehead atoms. The summed E-state index contributed by atoms with van der Waals surface area (Å²) in [7, 11) is 0. The molecule has 1 aliphatic heterocycles. The van der Waals surface area contributed by atoms with Crippen molar-refractivity contribution in [1.29, 1.82) is 5.41 Å². The predicted octanol–water partition coefficient (Wildman–Crippen LogP) is 1.63. The maximum absolute atomic E-state index is 9.20. The zero-order valence-electron chi connectivity index (χ0n) is 10.7. The summed E-state index contributed by atoms with van der Waals surface area (Å²) in [6, 6.07) is 0. The Morgan fingerprint density at radius 2 is 2.00 bits per heavy atom. The van der Waals surface area contributed by atoms with Gasteiger partial charge in [0.05, 0.1) is 24.7 Å². The van der Waals surface area contributed by atoms with E-state index in [9.17, 15) is 5.11 Å². The third kappa shape index (κ3) is 3.19. The van der Waals surface area contributed by atoms with Gasteiger partial charge in [-0.2, -0.15) is 0 Å². The molecule has 0 radical (unpaired) electrons. The highest BCUT2D eigenvalue weighted by molar-refractivity contribution is 5.81. The fraction of sp³-hybridized carbons (Fsp3) is 0.923. The topological polar surface area (TPSA) is 56.6 Å². The maximum Gasteiger partial charge on any atom is 0.0991 e. The molecular weight excluding hydrogens is 216 g/mol. The third-order valence-corrected chi connectivity index (χ3v) is 3.86. The highest BCUT2D eigenvalue weighted by atomic mass is 16.5. The average molecular weight is 240 g/mol. The van der Waals surface area contributed by atoms with Crippen LogP contribution in [0.1, 0.15) is 39.0 Å². The molecule has 0 aromatic rings. The van der Waals surface area contributed by atoms with Crippen LogP contribution in [0, 0.1) is 11.3 Å². The maximum atomic E-state index is 9.20. The number of morpholine rings is 1. The first-order valence-corrected chi connectivity index (χ1v) is 6.80. The van der Waals surface area contributed by atoms with Gasteiger partial charge < -0.3 is 14.7 Å². The van der Waals surface area contributed by atoms with Gasteiger partial charge >= 0.3 is 0 Å². The van der Waals surface area contributed by atoms with Crippen LogP contribution < -0.4 is 0 Å². The molecule has 98 valence electrons. The van der Waals surface area contributed by atoms with Gasteiger partial charge in [0.25, 0.3) is 0 Å². The standard InChI is InChI=1S/C13H24N2O2/c1-10-7-15(8-12(9-16)17-10)13(14)11-5-3-2-4-6-11/h10-12,14,16H,2-9H2,1H3. The van der Waals surface area contributed by atoms with Crippen molar-refractivity contribution in [3.63, 3.8) is 0 Å². The van der Waals surface area contributed by atoms with Gasteiger partial charge in [-0.3, -0.25) is 5.41 Å². The van der Waals surface area contributed by atoms with Crippen molar-refractivity contribution in [3.8, 4) is 0 Å². The van der Waals surface area contributed by atoms with Crippen molar-refractivity contribution in [3.05, 3.63) is 0 Å². The van der Waals surface area contributed by atoms with Crippen LogP contribution in [0.3, 0.4) is 0 Å². The second-order valence-corrected chi connectivity index (χ2v) is 5.38. The molecule has 2 unspecified atom stereocenters. The first kappa shape index (κ1) is 12.8. The second-order valence-electron chi connectivity index (χ2n) is 5.38. The Labute approximate surface area is 103 Å². The number of ether oxygens (including phenoxy) is 1. The van der Waals surface area contributed by atoms with Gasteiger partial charge in [-0.05, 0) is 19.8 Å². The summed E-state index contributed by atoms with van der Waals surface area (Å²) in [6.07, 6.45) is 6.16. The molecule has 1 saturated carbocycles. The lowest BCUT2D eigenvalue weighted by atomic mass is 9.87. The summed E-state index contributed by atoms with van der Waals surface area (Å²) in [6.45, 7) is 3.55. The molecule has 2 fully saturated rings. The third-order valence-electron chi connectivity index (χ3n) is 3.86. The number of rotatable bonds is 2. The Morgan fingerprint density at radius 1 is 1.29 bits per heavy atom. The molecule has 4 heteroatoms. The van der Waals surface area contributed by atoms with E-state index in [2.05, 4.69) is 4.90 Å². The molecule has 1 saturated heterocycles. The summed E-state index contributed by atoms with van der Waals surface area (Å²) in [5.41, 5.74) is 0. The fourth-order valence-electron chi connectivity index (χ4n) is 2.98. The predicted molar refractivity (Wildman–Crippen MR) is 67.3 cm³/mol. The number of nitrogens with zero attached hydrogens (tertiary/aromatic N) is 1. The van der Waals surface area contributed by atoms with Crippen LogP contribution in [0.4, 0.5) is 0 Å². The number of amidine groups is 1. The quantitative estimate of drug-likeness (QED) is 0.569. The number of hydrogen-bond donors (Lipinski definition) is 2. The van der Waals surface area contributed by atoms with Crippen LogP contribution >= 0.6 is 0 Å². The van der Waals surface area contributed by atoms with Gasteiger partial charge in [0, 0.05) is 19.0 Å². The summed E-state index contributed by atoms with van der Waals surface area (Å²) in [5, 5.41) is 17.5. The van der Waals surface area contributed by atoms with Gasteiger partial charge in [0.2, 0.25) is 0 Å². The van der Waals surface area contributed by atoms with E-state index in [-0.39, 0.29) is 18.8 Å². The van der Waals surface area contributed by atoms with Gasteiger partial charge in [0.1, 0.15) is 0 Å². The zero-order valence-corrected chi connectivity index (χ0v) is 10.7. The smallest absolute Gasteiger partial charge is 0.0991 e. The van der Waals surface area contributed by atoms with E-state index >= 15 is 0 Å². The van der Waals surface area contributed by atoms with E-state index in [1.165, 1.54) is 19.3 Å². The lowest BCUT2D eigenvalue weighted by molar-refractivity contribution is -0.0797. The Hall–Kier alpha value is -0.610. The molecule has 0 amide bonds. The number of aliphatic hydroxyl groups is 1. The lowest BCUT2D eigenvalue weighted by Gasteiger charge is -2.40. The largest absolute Gasteiger partial charge is 0.394 e. The van der Waals surface area contributed by atoms with Crippen LogP contribution in [0.15, 0.2) is 0 Å². The molecule has 0 aromatic heterocycles. The van der Waals surface area contributed by atoms with Gasteiger partial charge in [-0.1, -0.05) is 19.3 Å². The summed E-state index contributed by atoms with van der Waals surface area (Å²) < 4.78 is 5.61. The average Bonchev–Trinajstić information content (AvgIpc) is 2.38. The van der Waals surface area contributed by atoms with Crippen molar-refractivity contribution in [2.24, 2.45) is 5.92 Å².